The molecule has 0 aromatic carbocycles. The zero-order chi connectivity index (χ0) is 11.2. The molecule has 0 heterocycles. The van der Waals surface area contributed by atoms with Crippen LogP contribution in [0, 0.1) is 0 Å². The highest BCUT2D eigenvalue weighted by Crippen LogP contribution is 2.16. The first kappa shape index (κ1) is 13.8. The van der Waals surface area contributed by atoms with Gasteiger partial charge in [-0.25, -0.2) is 8.78 Å². The van der Waals surface area contributed by atoms with Gasteiger partial charge in [0.15, 0.2) is 0 Å². The summed E-state index contributed by atoms with van der Waals surface area (Å²) < 4.78 is 26.5. The van der Waals surface area contributed by atoms with E-state index in [1.165, 1.54) is 0 Å². The smallest absolute Gasteiger partial charge is 0.272 e. The topological polar surface area (TPSA) is 15.3 Å². The van der Waals surface area contributed by atoms with Crippen LogP contribution in [0.2, 0.25) is 0 Å². The summed E-state index contributed by atoms with van der Waals surface area (Å²) in [7, 11) is 1.55. The van der Waals surface area contributed by atoms with Crippen LogP contribution in [-0.4, -0.2) is 43.5 Å². The molecule has 0 aliphatic rings. The molecule has 0 aromatic rings. The Bertz CT molecular complexity index is 151. The summed E-state index contributed by atoms with van der Waals surface area (Å²) in [6.07, 6.45) is 0.906. The molecule has 0 saturated carbocycles. The third-order valence-electron chi connectivity index (χ3n) is 2.49. The van der Waals surface area contributed by atoms with Crippen LogP contribution in [0.15, 0.2) is 0 Å². The quantitative estimate of drug-likeness (QED) is 0.688. The molecule has 2 nitrogen and oxygen atoms in total. The highest BCUT2D eigenvalue weighted by Gasteiger charge is 2.31. The van der Waals surface area contributed by atoms with Crippen molar-refractivity contribution < 1.29 is 8.78 Å². The first-order chi connectivity index (χ1) is 6.46. The summed E-state index contributed by atoms with van der Waals surface area (Å²) >= 11 is 0. The maximum Gasteiger partial charge on any atom is 0.272 e. The highest BCUT2D eigenvalue weighted by molar-refractivity contribution is 4.76. The second-order valence-corrected chi connectivity index (χ2v) is 3.71. The molecule has 0 aliphatic carbocycles. The average Bonchev–Trinajstić information content (AvgIpc) is 2.13. The molecule has 0 radical (unpaired) electrons. The van der Waals surface area contributed by atoms with Crippen molar-refractivity contribution in [1.82, 2.24) is 10.2 Å². The second kappa shape index (κ2) is 6.30. The predicted octanol–water partition coefficient (Wildman–Crippen LogP) is 1.96. The van der Waals surface area contributed by atoms with Crippen LogP contribution in [0.25, 0.3) is 0 Å². The monoisotopic (exact) mass is 208 g/mol. The fraction of sp³-hybridized carbons (Fsp3) is 1.00. The zero-order valence-electron chi connectivity index (χ0n) is 9.61. The van der Waals surface area contributed by atoms with Gasteiger partial charge in [0.2, 0.25) is 0 Å². The van der Waals surface area contributed by atoms with E-state index in [0.717, 1.165) is 6.42 Å². The predicted molar refractivity (Wildman–Crippen MR) is 55.9 cm³/mol. The average molecular weight is 208 g/mol. The van der Waals surface area contributed by atoms with Crippen molar-refractivity contribution in [3.8, 4) is 0 Å². The molecule has 4 heteroatoms. The van der Waals surface area contributed by atoms with Gasteiger partial charge in [0, 0.05) is 6.04 Å². The van der Waals surface area contributed by atoms with E-state index >= 15 is 0 Å². The fourth-order valence-electron chi connectivity index (χ4n) is 1.45. The summed E-state index contributed by atoms with van der Waals surface area (Å²) in [5.41, 5.74) is 0. The van der Waals surface area contributed by atoms with Gasteiger partial charge in [-0.2, -0.15) is 0 Å². The molecule has 0 spiro atoms. The Morgan fingerprint density at radius 3 is 2.29 bits per heavy atom. The SMILES string of the molecule is CCC(C)N(CC)CC(F)(F)CNC. The van der Waals surface area contributed by atoms with Gasteiger partial charge in [0.1, 0.15) is 0 Å². The number of hydrogen-bond acceptors (Lipinski definition) is 2. The van der Waals surface area contributed by atoms with Crippen LogP contribution in [-0.2, 0) is 0 Å². The van der Waals surface area contributed by atoms with Crippen molar-refractivity contribution in [2.75, 3.05) is 26.7 Å². The van der Waals surface area contributed by atoms with Crippen molar-refractivity contribution in [3.63, 3.8) is 0 Å². The minimum atomic E-state index is -2.63. The summed E-state index contributed by atoms with van der Waals surface area (Å²) in [5.74, 6) is -2.63. The van der Waals surface area contributed by atoms with Crippen molar-refractivity contribution in [2.45, 2.75) is 39.2 Å². The Balaban J connectivity index is 4.15. The van der Waals surface area contributed by atoms with E-state index in [2.05, 4.69) is 5.32 Å². The Kier molecular flexibility index (Phi) is 6.20. The van der Waals surface area contributed by atoms with Gasteiger partial charge in [-0.1, -0.05) is 13.8 Å². The number of nitrogens with one attached hydrogen (secondary N) is 1. The van der Waals surface area contributed by atoms with E-state index in [1.807, 2.05) is 25.7 Å². The molecule has 1 unspecified atom stereocenters. The van der Waals surface area contributed by atoms with Gasteiger partial charge in [0.05, 0.1) is 13.1 Å². The van der Waals surface area contributed by atoms with E-state index in [4.69, 9.17) is 0 Å². The molecule has 1 atom stereocenters. The normalized spacial score (nSPS) is 14.8. The van der Waals surface area contributed by atoms with Crippen LogP contribution >= 0.6 is 0 Å². The number of nitrogens with zero attached hydrogens (tertiary/aromatic N) is 1. The number of rotatable bonds is 7. The van der Waals surface area contributed by atoms with Gasteiger partial charge in [-0.15, -0.1) is 0 Å². The van der Waals surface area contributed by atoms with E-state index in [1.54, 1.807) is 7.05 Å². The van der Waals surface area contributed by atoms with E-state index in [-0.39, 0.29) is 19.1 Å². The van der Waals surface area contributed by atoms with Crippen molar-refractivity contribution in [3.05, 3.63) is 0 Å². The summed E-state index contributed by atoms with van der Waals surface area (Å²) in [5, 5.41) is 2.52. The lowest BCUT2D eigenvalue weighted by Gasteiger charge is -2.30. The molecule has 86 valence electrons. The van der Waals surface area contributed by atoms with Crippen molar-refractivity contribution in [2.24, 2.45) is 0 Å². The van der Waals surface area contributed by atoms with Gasteiger partial charge in [-0.3, -0.25) is 4.90 Å². The molecule has 0 fully saturated rings. The molecule has 0 amide bonds. The maximum absolute atomic E-state index is 13.3. The van der Waals surface area contributed by atoms with Crippen molar-refractivity contribution in [1.29, 1.82) is 0 Å². The van der Waals surface area contributed by atoms with Crippen LogP contribution in [0.1, 0.15) is 27.2 Å². The molecule has 0 saturated heterocycles. The van der Waals surface area contributed by atoms with Crippen LogP contribution in [0.4, 0.5) is 8.78 Å². The summed E-state index contributed by atoms with van der Waals surface area (Å²) in [4.78, 5) is 1.82. The molecule has 0 bridgehead atoms. The van der Waals surface area contributed by atoms with E-state index in [9.17, 15) is 8.78 Å². The lowest BCUT2D eigenvalue weighted by Crippen LogP contribution is -2.45. The molecule has 14 heavy (non-hydrogen) atoms. The maximum atomic E-state index is 13.3. The molecular formula is C10H22F2N2. The molecule has 0 aromatic heterocycles. The lowest BCUT2D eigenvalue weighted by atomic mass is 10.2. The van der Waals surface area contributed by atoms with Gasteiger partial charge in [-0.05, 0) is 26.9 Å². The highest BCUT2D eigenvalue weighted by atomic mass is 19.3. The largest absolute Gasteiger partial charge is 0.314 e. The third-order valence-corrected chi connectivity index (χ3v) is 2.49. The number of halogens is 2. The van der Waals surface area contributed by atoms with Gasteiger partial charge in [0.25, 0.3) is 5.92 Å². The standard InChI is InChI=1S/C10H22F2N2/c1-5-9(3)14(6-2)8-10(11,12)7-13-4/h9,13H,5-8H2,1-4H3. The minimum Gasteiger partial charge on any atom is -0.314 e. The first-order valence-corrected chi connectivity index (χ1v) is 5.23. The second-order valence-electron chi connectivity index (χ2n) is 3.71. The Labute approximate surface area is 85.7 Å². The van der Waals surface area contributed by atoms with E-state index in [0.29, 0.717) is 6.54 Å². The number of hydrogen-bond donors (Lipinski definition) is 1. The molecule has 0 aliphatic heterocycles. The molecule has 0 rings (SSSR count). The van der Waals surface area contributed by atoms with Crippen LogP contribution in [0.3, 0.4) is 0 Å². The Hall–Kier alpha value is -0.220. The zero-order valence-corrected chi connectivity index (χ0v) is 9.61. The third kappa shape index (κ3) is 4.86. The first-order valence-electron chi connectivity index (χ1n) is 5.23. The summed E-state index contributed by atoms with van der Waals surface area (Å²) in [6.45, 7) is 6.19. The van der Waals surface area contributed by atoms with Crippen LogP contribution < -0.4 is 5.32 Å². The Morgan fingerprint density at radius 1 is 1.36 bits per heavy atom. The van der Waals surface area contributed by atoms with Crippen LogP contribution in [0.5, 0.6) is 0 Å². The lowest BCUT2D eigenvalue weighted by molar-refractivity contribution is -0.0368. The van der Waals surface area contributed by atoms with Gasteiger partial charge >= 0.3 is 0 Å². The number of alkyl halides is 2. The molecular weight excluding hydrogens is 186 g/mol. The summed E-state index contributed by atoms with van der Waals surface area (Å²) in [6, 6.07) is 0.225. The minimum absolute atomic E-state index is 0.153. The van der Waals surface area contributed by atoms with E-state index < -0.39 is 5.92 Å². The van der Waals surface area contributed by atoms with Gasteiger partial charge < -0.3 is 5.32 Å². The Morgan fingerprint density at radius 2 is 1.93 bits per heavy atom. The molecule has 1 N–H and O–H groups in total. The van der Waals surface area contributed by atoms with Crippen molar-refractivity contribution >= 4 is 0 Å². The fourth-order valence-corrected chi connectivity index (χ4v) is 1.45.